The summed E-state index contributed by atoms with van der Waals surface area (Å²) >= 11 is 0. The number of nitrogens with one attached hydrogen (secondary N) is 1. The maximum absolute atomic E-state index is 12.3. The molecule has 0 unspecified atom stereocenters. The number of ether oxygens (including phenoxy) is 1. The van der Waals surface area contributed by atoms with Gasteiger partial charge in [-0.1, -0.05) is 11.2 Å². The highest BCUT2D eigenvalue weighted by atomic mass is 16.5. The molecule has 4 rings (SSSR count). The Hall–Kier alpha value is -2.41. The van der Waals surface area contributed by atoms with Gasteiger partial charge in [0.1, 0.15) is 17.6 Å². The molecule has 1 atom stereocenters. The van der Waals surface area contributed by atoms with Crippen molar-refractivity contribution in [3.63, 3.8) is 0 Å². The molecular weight excluding hydrogens is 320 g/mol. The summed E-state index contributed by atoms with van der Waals surface area (Å²) in [7, 11) is 0. The van der Waals surface area contributed by atoms with Crippen LogP contribution in [0.3, 0.4) is 0 Å². The van der Waals surface area contributed by atoms with Crippen LogP contribution in [0.1, 0.15) is 47.3 Å². The number of pyridine rings is 1. The van der Waals surface area contributed by atoms with Crippen molar-refractivity contribution in [2.45, 2.75) is 38.3 Å². The normalized spacial score (nSPS) is 20.5. The lowest BCUT2D eigenvalue weighted by Crippen LogP contribution is -2.41. The molecule has 0 radical (unpaired) electrons. The summed E-state index contributed by atoms with van der Waals surface area (Å²) in [6, 6.07) is 3.99. The van der Waals surface area contributed by atoms with Crippen molar-refractivity contribution >= 4 is 11.7 Å². The predicted molar refractivity (Wildman–Crippen MR) is 91.5 cm³/mol. The Morgan fingerprint density at radius 2 is 2.28 bits per heavy atom. The molecule has 1 saturated heterocycles. The standard InChI is InChI=1S/C18H22N4O3/c1-12-10-22(6-7-24-12)16-5-2-13(8-19-16)9-20-18(23)15-11-25-21-17(15)14-3-4-14/h2,5,8,11-12,14H,3-4,6-7,9-10H2,1H3,(H,20,23)/t12-/m1/s1. The molecule has 1 amide bonds. The van der Waals surface area contributed by atoms with E-state index in [1.54, 1.807) is 0 Å². The highest BCUT2D eigenvalue weighted by molar-refractivity contribution is 5.95. The van der Waals surface area contributed by atoms with E-state index in [1.165, 1.54) is 6.26 Å². The Balaban J connectivity index is 1.35. The fraction of sp³-hybridized carbons (Fsp3) is 0.500. The summed E-state index contributed by atoms with van der Waals surface area (Å²) < 4.78 is 10.5. The topological polar surface area (TPSA) is 80.5 Å². The van der Waals surface area contributed by atoms with Crippen LogP contribution in [0.5, 0.6) is 0 Å². The highest BCUT2D eigenvalue weighted by Gasteiger charge is 2.31. The van der Waals surface area contributed by atoms with E-state index in [4.69, 9.17) is 9.26 Å². The summed E-state index contributed by atoms with van der Waals surface area (Å²) in [4.78, 5) is 19.1. The second-order valence-corrected chi connectivity index (χ2v) is 6.72. The summed E-state index contributed by atoms with van der Waals surface area (Å²) in [5.41, 5.74) is 2.30. The lowest BCUT2D eigenvalue weighted by Gasteiger charge is -2.32. The molecule has 0 bridgehead atoms. The van der Waals surface area contributed by atoms with Gasteiger partial charge in [0.25, 0.3) is 5.91 Å². The van der Waals surface area contributed by atoms with Gasteiger partial charge in [0.15, 0.2) is 0 Å². The number of carbonyl (C=O) groups is 1. The maximum Gasteiger partial charge on any atom is 0.256 e. The van der Waals surface area contributed by atoms with Crippen molar-refractivity contribution in [2.75, 3.05) is 24.6 Å². The van der Waals surface area contributed by atoms with Crippen LogP contribution in [0.2, 0.25) is 0 Å². The third-order valence-electron chi connectivity index (χ3n) is 4.63. The van der Waals surface area contributed by atoms with Gasteiger partial charge in [0, 0.05) is 31.7 Å². The lowest BCUT2D eigenvalue weighted by molar-refractivity contribution is 0.0529. The van der Waals surface area contributed by atoms with Gasteiger partial charge < -0.3 is 19.5 Å². The van der Waals surface area contributed by atoms with Crippen LogP contribution in [0.15, 0.2) is 29.1 Å². The number of aromatic nitrogens is 2. The Kier molecular flexibility index (Phi) is 4.40. The van der Waals surface area contributed by atoms with E-state index in [1.807, 2.05) is 18.3 Å². The molecular formula is C18H22N4O3. The zero-order chi connectivity index (χ0) is 17.2. The van der Waals surface area contributed by atoms with Crippen LogP contribution in [-0.4, -0.2) is 41.8 Å². The first-order valence-electron chi connectivity index (χ1n) is 8.74. The number of rotatable bonds is 5. The SMILES string of the molecule is C[C@@H]1CN(c2ccc(CNC(=O)c3conc3C3CC3)cn2)CCO1. The van der Waals surface area contributed by atoms with Gasteiger partial charge in [0.05, 0.1) is 18.4 Å². The molecule has 1 aliphatic carbocycles. The molecule has 2 aromatic rings. The fourth-order valence-corrected chi connectivity index (χ4v) is 3.08. The quantitative estimate of drug-likeness (QED) is 0.896. The van der Waals surface area contributed by atoms with E-state index < -0.39 is 0 Å². The van der Waals surface area contributed by atoms with Gasteiger partial charge in [-0.2, -0.15) is 0 Å². The van der Waals surface area contributed by atoms with E-state index in [0.717, 1.165) is 49.6 Å². The third-order valence-corrected chi connectivity index (χ3v) is 4.63. The van der Waals surface area contributed by atoms with Crippen LogP contribution >= 0.6 is 0 Å². The van der Waals surface area contributed by atoms with Gasteiger partial charge in [0.2, 0.25) is 0 Å². The molecule has 25 heavy (non-hydrogen) atoms. The zero-order valence-corrected chi connectivity index (χ0v) is 14.3. The molecule has 3 heterocycles. The molecule has 2 fully saturated rings. The average molecular weight is 342 g/mol. The van der Waals surface area contributed by atoms with Crippen molar-refractivity contribution in [3.8, 4) is 0 Å². The van der Waals surface area contributed by atoms with E-state index in [9.17, 15) is 4.79 Å². The van der Waals surface area contributed by atoms with Crippen molar-refractivity contribution in [1.82, 2.24) is 15.5 Å². The molecule has 0 spiro atoms. The van der Waals surface area contributed by atoms with Gasteiger partial charge in [-0.05, 0) is 31.4 Å². The van der Waals surface area contributed by atoms with Crippen molar-refractivity contribution < 1.29 is 14.1 Å². The molecule has 7 nitrogen and oxygen atoms in total. The summed E-state index contributed by atoms with van der Waals surface area (Å²) in [6.07, 6.45) is 5.63. The Bertz CT molecular complexity index is 739. The molecule has 0 aromatic carbocycles. The van der Waals surface area contributed by atoms with Gasteiger partial charge in [-0.3, -0.25) is 4.79 Å². The number of nitrogens with zero attached hydrogens (tertiary/aromatic N) is 3. The Morgan fingerprint density at radius 3 is 3.00 bits per heavy atom. The summed E-state index contributed by atoms with van der Waals surface area (Å²) in [5, 5.41) is 6.88. The van der Waals surface area contributed by atoms with Crippen LogP contribution in [0, 0.1) is 0 Å². The predicted octanol–water partition coefficient (Wildman–Crippen LogP) is 2.10. The first kappa shape index (κ1) is 16.1. The van der Waals surface area contributed by atoms with Crippen LogP contribution in [-0.2, 0) is 11.3 Å². The Morgan fingerprint density at radius 1 is 1.40 bits per heavy atom. The second kappa shape index (κ2) is 6.84. The smallest absolute Gasteiger partial charge is 0.256 e. The average Bonchev–Trinajstić information content (AvgIpc) is 3.36. The van der Waals surface area contributed by atoms with Gasteiger partial charge in [-0.15, -0.1) is 0 Å². The molecule has 1 aliphatic heterocycles. The van der Waals surface area contributed by atoms with Crippen LogP contribution in [0.4, 0.5) is 5.82 Å². The number of anilines is 1. The van der Waals surface area contributed by atoms with Crippen molar-refractivity contribution in [1.29, 1.82) is 0 Å². The summed E-state index contributed by atoms with van der Waals surface area (Å²) in [5.74, 6) is 1.19. The molecule has 1 N–H and O–H groups in total. The fourth-order valence-electron chi connectivity index (χ4n) is 3.08. The largest absolute Gasteiger partial charge is 0.375 e. The molecule has 132 valence electrons. The second-order valence-electron chi connectivity index (χ2n) is 6.72. The maximum atomic E-state index is 12.3. The first-order valence-corrected chi connectivity index (χ1v) is 8.74. The van der Waals surface area contributed by atoms with E-state index >= 15 is 0 Å². The number of carbonyl (C=O) groups excluding carboxylic acids is 1. The molecule has 2 aliphatic rings. The first-order chi connectivity index (χ1) is 12.2. The van der Waals surface area contributed by atoms with E-state index in [0.29, 0.717) is 18.0 Å². The lowest BCUT2D eigenvalue weighted by atomic mass is 10.1. The van der Waals surface area contributed by atoms with Crippen LogP contribution in [0.25, 0.3) is 0 Å². The number of hydrogen-bond acceptors (Lipinski definition) is 6. The van der Waals surface area contributed by atoms with Gasteiger partial charge >= 0.3 is 0 Å². The molecule has 7 heteroatoms. The summed E-state index contributed by atoms with van der Waals surface area (Å²) in [6.45, 7) is 4.92. The van der Waals surface area contributed by atoms with Crippen LogP contribution < -0.4 is 10.2 Å². The monoisotopic (exact) mass is 342 g/mol. The molecule has 1 saturated carbocycles. The number of morpholine rings is 1. The minimum atomic E-state index is -0.144. The van der Waals surface area contributed by atoms with Gasteiger partial charge in [-0.25, -0.2) is 4.98 Å². The zero-order valence-electron chi connectivity index (χ0n) is 14.3. The van der Waals surface area contributed by atoms with E-state index in [-0.39, 0.29) is 12.0 Å². The van der Waals surface area contributed by atoms with Crippen molar-refractivity contribution in [3.05, 3.63) is 41.4 Å². The molecule has 2 aromatic heterocycles. The number of amides is 1. The van der Waals surface area contributed by atoms with E-state index in [2.05, 4.69) is 27.3 Å². The Labute approximate surface area is 146 Å². The minimum Gasteiger partial charge on any atom is -0.375 e. The third kappa shape index (κ3) is 3.66. The van der Waals surface area contributed by atoms with Crippen molar-refractivity contribution in [2.24, 2.45) is 0 Å². The minimum absolute atomic E-state index is 0.144. The number of hydrogen-bond donors (Lipinski definition) is 1. The highest BCUT2D eigenvalue weighted by Crippen LogP contribution is 2.40.